The third-order valence-electron chi connectivity index (χ3n) is 5.35. The number of fused-ring (bicyclic) bond motifs is 1. The predicted octanol–water partition coefficient (Wildman–Crippen LogP) is 4.55. The Labute approximate surface area is 187 Å². The summed E-state index contributed by atoms with van der Waals surface area (Å²) in [4.78, 5) is 35.0. The van der Waals surface area contributed by atoms with Crippen LogP contribution in [0.4, 0.5) is 5.95 Å². The van der Waals surface area contributed by atoms with Gasteiger partial charge >= 0.3 is 5.91 Å². The van der Waals surface area contributed by atoms with Gasteiger partial charge in [-0.05, 0) is 54.1 Å². The Morgan fingerprint density at radius 3 is 2.47 bits per heavy atom. The maximum Gasteiger partial charge on any atom is 0.302 e. The van der Waals surface area contributed by atoms with E-state index in [2.05, 4.69) is 9.97 Å². The number of imidazole rings is 1. The number of Topliss-reactive ketones (excluding diaryl/α,β-unsaturated/α-hetero) is 1. The highest BCUT2D eigenvalue weighted by Gasteiger charge is 2.48. The highest BCUT2D eigenvalue weighted by molar-refractivity contribution is 6.51. The molecule has 0 radical (unpaired) electrons. The number of carbonyl (C=O) groups is 2. The zero-order valence-corrected chi connectivity index (χ0v) is 17.2. The summed E-state index contributed by atoms with van der Waals surface area (Å²) in [6.07, 6.45) is 0. The molecule has 158 valence electrons. The minimum absolute atomic E-state index is 0.0378. The Morgan fingerprint density at radius 2 is 1.75 bits per heavy atom. The van der Waals surface area contributed by atoms with Crippen molar-refractivity contribution in [2.24, 2.45) is 0 Å². The van der Waals surface area contributed by atoms with Gasteiger partial charge in [0, 0.05) is 10.6 Å². The standard InChI is InChI=1S/C24H16ClN3O4/c25-15-10-8-13(9-11-15)21(30)19-20(14-4-3-5-16(29)12-14)28(23(32)22(19)31)24-26-17-6-1-2-7-18(17)27-24/h1-12,20,29-30H,(H,26,27)/b21-19+. The summed E-state index contributed by atoms with van der Waals surface area (Å²) >= 11 is 5.94. The molecule has 8 heteroatoms. The number of amides is 1. The van der Waals surface area contributed by atoms with E-state index in [1.807, 2.05) is 12.1 Å². The molecule has 1 aromatic heterocycles. The van der Waals surface area contributed by atoms with Crippen LogP contribution < -0.4 is 4.90 Å². The number of phenolic OH excluding ortho intramolecular Hbond substituents is 1. The van der Waals surface area contributed by atoms with Crippen LogP contribution >= 0.6 is 11.6 Å². The van der Waals surface area contributed by atoms with E-state index in [1.165, 1.54) is 17.0 Å². The van der Waals surface area contributed by atoms with Gasteiger partial charge in [0.05, 0.1) is 22.6 Å². The van der Waals surface area contributed by atoms with Gasteiger partial charge in [0.25, 0.3) is 5.78 Å². The molecule has 1 unspecified atom stereocenters. The Morgan fingerprint density at radius 1 is 1.00 bits per heavy atom. The predicted molar refractivity (Wildman–Crippen MR) is 120 cm³/mol. The summed E-state index contributed by atoms with van der Waals surface area (Å²) in [6, 6.07) is 18.7. The molecule has 2 heterocycles. The van der Waals surface area contributed by atoms with Crippen molar-refractivity contribution in [1.82, 2.24) is 9.97 Å². The van der Waals surface area contributed by atoms with Gasteiger partial charge in [-0.2, -0.15) is 0 Å². The number of ketones is 1. The first-order chi connectivity index (χ1) is 15.4. The van der Waals surface area contributed by atoms with Crippen LogP contribution in [0.5, 0.6) is 5.75 Å². The number of aromatic amines is 1. The van der Waals surface area contributed by atoms with Gasteiger partial charge in [-0.3, -0.25) is 14.5 Å². The van der Waals surface area contributed by atoms with Crippen LogP contribution in [0, 0.1) is 0 Å². The fourth-order valence-corrected chi connectivity index (χ4v) is 4.00. The van der Waals surface area contributed by atoms with Crippen LogP contribution in [0.1, 0.15) is 17.2 Å². The molecule has 32 heavy (non-hydrogen) atoms. The van der Waals surface area contributed by atoms with Gasteiger partial charge in [0.2, 0.25) is 5.95 Å². The summed E-state index contributed by atoms with van der Waals surface area (Å²) < 4.78 is 0. The second kappa shape index (κ2) is 7.55. The van der Waals surface area contributed by atoms with Crippen molar-refractivity contribution in [2.75, 3.05) is 4.90 Å². The van der Waals surface area contributed by atoms with Crippen LogP contribution in [0.2, 0.25) is 5.02 Å². The lowest BCUT2D eigenvalue weighted by molar-refractivity contribution is -0.132. The summed E-state index contributed by atoms with van der Waals surface area (Å²) in [5, 5.41) is 21.6. The van der Waals surface area contributed by atoms with Crippen molar-refractivity contribution in [1.29, 1.82) is 0 Å². The monoisotopic (exact) mass is 445 g/mol. The number of aliphatic hydroxyl groups excluding tert-OH is 1. The van der Waals surface area contributed by atoms with Crippen LogP contribution in [-0.2, 0) is 9.59 Å². The topological polar surface area (TPSA) is 107 Å². The molecular formula is C24H16ClN3O4. The van der Waals surface area contributed by atoms with Crippen molar-refractivity contribution >= 4 is 46.0 Å². The van der Waals surface area contributed by atoms with Crippen molar-refractivity contribution in [2.45, 2.75) is 6.04 Å². The maximum absolute atomic E-state index is 13.1. The first kappa shape index (κ1) is 19.8. The molecular weight excluding hydrogens is 430 g/mol. The van der Waals surface area contributed by atoms with E-state index in [-0.39, 0.29) is 23.0 Å². The van der Waals surface area contributed by atoms with E-state index < -0.39 is 17.7 Å². The van der Waals surface area contributed by atoms with E-state index in [0.29, 0.717) is 27.2 Å². The lowest BCUT2D eigenvalue weighted by Crippen LogP contribution is -2.30. The lowest BCUT2D eigenvalue weighted by Gasteiger charge is -2.23. The summed E-state index contributed by atoms with van der Waals surface area (Å²) in [5.74, 6) is -1.91. The number of halogens is 1. The third kappa shape index (κ3) is 3.19. The quantitative estimate of drug-likeness (QED) is 0.244. The first-order valence-corrected chi connectivity index (χ1v) is 10.1. The van der Waals surface area contributed by atoms with Crippen LogP contribution in [-0.4, -0.2) is 31.9 Å². The van der Waals surface area contributed by atoms with Crippen molar-refractivity contribution in [3.05, 3.63) is 94.5 Å². The van der Waals surface area contributed by atoms with E-state index in [0.717, 1.165) is 0 Å². The molecule has 1 aliphatic heterocycles. The average Bonchev–Trinajstić information content (AvgIpc) is 3.32. The Kier molecular flexibility index (Phi) is 4.68. The molecule has 7 nitrogen and oxygen atoms in total. The number of nitrogens with zero attached hydrogens (tertiary/aromatic N) is 2. The molecule has 0 bridgehead atoms. The molecule has 1 amide bonds. The fraction of sp³-hybridized carbons (Fsp3) is 0.0417. The maximum atomic E-state index is 13.1. The van der Waals surface area contributed by atoms with E-state index in [4.69, 9.17) is 11.6 Å². The largest absolute Gasteiger partial charge is 0.508 e. The molecule has 5 rings (SSSR count). The minimum Gasteiger partial charge on any atom is -0.508 e. The van der Waals surface area contributed by atoms with Crippen molar-refractivity contribution in [3.63, 3.8) is 0 Å². The van der Waals surface area contributed by atoms with E-state index in [1.54, 1.807) is 48.5 Å². The molecule has 4 aromatic rings. The first-order valence-electron chi connectivity index (χ1n) is 9.74. The molecule has 0 spiro atoms. The summed E-state index contributed by atoms with van der Waals surface area (Å²) in [5.41, 5.74) is 1.99. The fourth-order valence-electron chi connectivity index (χ4n) is 3.88. The van der Waals surface area contributed by atoms with Crippen molar-refractivity contribution in [3.8, 4) is 5.75 Å². The molecule has 0 aliphatic carbocycles. The molecule has 0 saturated carbocycles. The second-order valence-corrected chi connectivity index (χ2v) is 7.78. The SMILES string of the molecule is O=C1C(=O)N(c2nc3ccccc3[nH]2)C(c2cccc(O)c2)/C1=C(\O)c1ccc(Cl)cc1. The number of aromatic hydroxyl groups is 1. The second-order valence-electron chi connectivity index (χ2n) is 7.35. The Bertz CT molecular complexity index is 1380. The number of nitrogens with one attached hydrogen (secondary N) is 1. The number of aliphatic hydroxyl groups is 1. The normalized spacial score (nSPS) is 17.9. The smallest absolute Gasteiger partial charge is 0.302 e. The highest BCUT2D eigenvalue weighted by Crippen LogP contribution is 2.42. The number of rotatable bonds is 3. The molecule has 1 atom stereocenters. The summed E-state index contributed by atoms with van der Waals surface area (Å²) in [6.45, 7) is 0. The highest BCUT2D eigenvalue weighted by atomic mass is 35.5. The van der Waals surface area contributed by atoms with Crippen LogP contribution in [0.3, 0.4) is 0 Å². The number of hydrogen-bond acceptors (Lipinski definition) is 5. The van der Waals surface area contributed by atoms with Crippen LogP contribution in [0.25, 0.3) is 16.8 Å². The van der Waals surface area contributed by atoms with E-state index in [9.17, 15) is 19.8 Å². The van der Waals surface area contributed by atoms with Gasteiger partial charge in [-0.15, -0.1) is 0 Å². The Hall–Kier alpha value is -4.10. The van der Waals surface area contributed by atoms with Gasteiger partial charge in [-0.1, -0.05) is 35.9 Å². The minimum atomic E-state index is -1.00. The molecule has 1 aliphatic rings. The zero-order valence-electron chi connectivity index (χ0n) is 16.5. The van der Waals surface area contributed by atoms with Gasteiger partial charge < -0.3 is 15.2 Å². The number of aromatic nitrogens is 2. The van der Waals surface area contributed by atoms with Gasteiger partial charge in [-0.25, -0.2) is 4.98 Å². The summed E-state index contributed by atoms with van der Waals surface area (Å²) in [7, 11) is 0. The number of H-pyrrole nitrogens is 1. The number of para-hydroxylation sites is 2. The number of carbonyl (C=O) groups excluding carboxylic acids is 2. The molecule has 1 fully saturated rings. The number of phenols is 1. The lowest BCUT2D eigenvalue weighted by atomic mass is 9.95. The number of benzene rings is 3. The number of hydrogen-bond donors (Lipinski definition) is 3. The number of anilines is 1. The van der Waals surface area contributed by atoms with E-state index >= 15 is 0 Å². The molecule has 3 N–H and O–H groups in total. The molecule has 1 saturated heterocycles. The average molecular weight is 446 g/mol. The van der Waals surface area contributed by atoms with Crippen molar-refractivity contribution < 1.29 is 19.8 Å². The van der Waals surface area contributed by atoms with Gasteiger partial charge in [0.15, 0.2) is 0 Å². The van der Waals surface area contributed by atoms with Crippen LogP contribution in [0.15, 0.2) is 78.4 Å². The zero-order chi connectivity index (χ0) is 22.4. The Balaban J connectivity index is 1.74. The molecule has 3 aromatic carbocycles. The third-order valence-corrected chi connectivity index (χ3v) is 5.61. The van der Waals surface area contributed by atoms with Gasteiger partial charge in [0.1, 0.15) is 11.5 Å².